The molecule has 0 aliphatic carbocycles. The van der Waals surface area contributed by atoms with Gasteiger partial charge >= 0.3 is 23.9 Å². The Balaban J connectivity index is 1.55. The summed E-state index contributed by atoms with van der Waals surface area (Å²) in [5.41, 5.74) is 1.64. The van der Waals surface area contributed by atoms with Crippen molar-refractivity contribution >= 4 is 46.3 Å². The van der Waals surface area contributed by atoms with Gasteiger partial charge in [0.2, 0.25) is 12.9 Å². The van der Waals surface area contributed by atoms with Crippen LogP contribution in [-0.2, 0) is 33.9 Å². The first kappa shape index (κ1) is 32.6. The van der Waals surface area contributed by atoms with Crippen LogP contribution in [0.4, 0.5) is 5.69 Å². The molecule has 1 aliphatic heterocycles. The van der Waals surface area contributed by atoms with Crippen LogP contribution in [0, 0.1) is 0 Å². The van der Waals surface area contributed by atoms with E-state index in [-0.39, 0.29) is 34.8 Å². The van der Waals surface area contributed by atoms with Gasteiger partial charge in [-0.1, -0.05) is 43.7 Å². The predicted molar refractivity (Wildman–Crippen MR) is 170 cm³/mol. The van der Waals surface area contributed by atoms with Crippen LogP contribution in [0.5, 0.6) is 17.2 Å². The third kappa shape index (κ3) is 6.17. The SMILES string of the molecule is CCCc1cc(C(=O)OC)ccc1OC(C(=O)NS(=O)(=O)S(=O)(=O)c1cccc2c(N(C)C)cccc12)c1ccc2c(c1)OCO2. The smallest absolute Gasteiger partial charge is 0.345 e. The first-order chi connectivity index (χ1) is 21.9. The molecule has 5 rings (SSSR count). The van der Waals surface area contributed by atoms with Crippen molar-refractivity contribution in [2.75, 3.05) is 32.9 Å². The van der Waals surface area contributed by atoms with E-state index < -0.39 is 40.8 Å². The van der Waals surface area contributed by atoms with Gasteiger partial charge in [0.05, 0.1) is 17.6 Å². The lowest BCUT2D eigenvalue weighted by Gasteiger charge is -2.22. The second-order valence-electron chi connectivity index (χ2n) is 10.6. The maximum atomic E-state index is 13.8. The second kappa shape index (κ2) is 12.9. The molecule has 1 atom stereocenters. The van der Waals surface area contributed by atoms with Crippen LogP contribution in [0.15, 0.2) is 77.7 Å². The molecule has 0 aromatic heterocycles. The van der Waals surface area contributed by atoms with E-state index in [2.05, 4.69) is 0 Å². The summed E-state index contributed by atoms with van der Waals surface area (Å²) in [6, 6.07) is 18.1. The molecule has 1 unspecified atom stereocenters. The van der Waals surface area contributed by atoms with E-state index in [1.54, 1.807) is 48.0 Å². The Morgan fingerprint density at radius 2 is 1.63 bits per heavy atom. The van der Waals surface area contributed by atoms with Gasteiger partial charge in [-0.05, 0) is 54.4 Å². The number of hydrogen-bond acceptors (Lipinski definition) is 11. The zero-order valence-electron chi connectivity index (χ0n) is 25.5. The van der Waals surface area contributed by atoms with Crippen LogP contribution >= 0.6 is 0 Å². The van der Waals surface area contributed by atoms with Crippen molar-refractivity contribution in [3.63, 3.8) is 0 Å². The van der Waals surface area contributed by atoms with Gasteiger partial charge in [0.15, 0.2) is 11.5 Å². The number of esters is 1. The number of carbonyl (C=O) groups is 2. The molecular weight excluding hydrogens is 636 g/mol. The number of carbonyl (C=O) groups excluding carboxylic acids is 2. The summed E-state index contributed by atoms with van der Waals surface area (Å²) < 4.78 is 77.9. The number of anilines is 1. The Labute approximate surface area is 266 Å². The Bertz CT molecular complexity index is 2040. The predicted octanol–water partition coefficient (Wildman–Crippen LogP) is 4.33. The van der Waals surface area contributed by atoms with Crippen molar-refractivity contribution in [2.24, 2.45) is 0 Å². The van der Waals surface area contributed by atoms with Gasteiger partial charge < -0.3 is 23.8 Å². The minimum absolute atomic E-state index is 0.0562. The summed E-state index contributed by atoms with van der Waals surface area (Å²) in [7, 11) is -5.74. The Morgan fingerprint density at radius 3 is 2.35 bits per heavy atom. The molecule has 12 nitrogen and oxygen atoms in total. The van der Waals surface area contributed by atoms with E-state index in [0.717, 1.165) is 0 Å². The van der Waals surface area contributed by atoms with Crippen molar-refractivity contribution < 1.29 is 45.4 Å². The molecule has 1 N–H and O–H groups in total. The van der Waals surface area contributed by atoms with E-state index in [1.807, 2.05) is 6.92 Å². The summed E-state index contributed by atoms with van der Waals surface area (Å²) in [5, 5.41) is 0.681. The number of rotatable bonds is 11. The average molecular weight is 669 g/mol. The molecule has 0 bridgehead atoms. The second-order valence-corrected chi connectivity index (χ2v) is 15.7. The molecule has 46 heavy (non-hydrogen) atoms. The van der Waals surface area contributed by atoms with Gasteiger partial charge in [-0.25, -0.2) is 17.9 Å². The molecule has 1 aliphatic rings. The summed E-state index contributed by atoms with van der Waals surface area (Å²) in [6.07, 6.45) is -0.570. The molecule has 4 aromatic carbocycles. The highest BCUT2D eigenvalue weighted by Crippen LogP contribution is 2.37. The van der Waals surface area contributed by atoms with Crippen molar-refractivity contribution in [1.29, 1.82) is 0 Å². The van der Waals surface area contributed by atoms with E-state index >= 15 is 0 Å². The summed E-state index contributed by atoms with van der Waals surface area (Å²) in [6.45, 7) is 1.85. The maximum absolute atomic E-state index is 13.8. The quantitative estimate of drug-likeness (QED) is 0.179. The number of hydrogen-bond donors (Lipinski definition) is 1. The molecule has 0 saturated carbocycles. The first-order valence-corrected chi connectivity index (χ1v) is 17.6. The van der Waals surface area contributed by atoms with Crippen molar-refractivity contribution in [3.05, 3.63) is 89.5 Å². The van der Waals surface area contributed by atoms with Gasteiger partial charge in [-0.2, -0.15) is 8.42 Å². The number of aryl methyl sites for hydroxylation is 1. The molecule has 1 heterocycles. The van der Waals surface area contributed by atoms with E-state index in [1.165, 1.54) is 55.6 Å². The van der Waals surface area contributed by atoms with Gasteiger partial charge in [0.25, 0.3) is 5.91 Å². The molecule has 14 heteroatoms. The average Bonchev–Trinajstić information content (AvgIpc) is 3.51. The zero-order valence-corrected chi connectivity index (χ0v) is 27.1. The summed E-state index contributed by atoms with van der Waals surface area (Å²) in [5.74, 6) is -0.970. The van der Waals surface area contributed by atoms with Gasteiger partial charge in [0.1, 0.15) is 5.75 Å². The highest BCUT2D eigenvalue weighted by atomic mass is 33.2. The van der Waals surface area contributed by atoms with Crippen LogP contribution in [0.25, 0.3) is 10.8 Å². The molecule has 4 aromatic rings. The van der Waals surface area contributed by atoms with Crippen LogP contribution in [-0.4, -0.2) is 56.7 Å². The highest BCUT2D eigenvalue weighted by molar-refractivity contribution is 8.66. The van der Waals surface area contributed by atoms with E-state index in [9.17, 15) is 26.4 Å². The zero-order chi connectivity index (χ0) is 33.2. The van der Waals surface area contributed by atoms with E-state index in [0.29, 0.717) is 35.2 Å². The highest BCUT2D eigenvalue weighted by Gasteiger charge is 2.38. The third-order valence-corrected chi connectivity index (χ3v) is 11.8. The number of nitrogens with zero attached hydrogens (tertiary/aromatic N) is 1. The molecule has 1 amide bonds. The van der Waals surface area contributed by atoms with Crippen LogP contribution < -0.4 is 23.8 Å². The first-order valence-electron chi connectivity index (χ1n) is 14.2. The van der Waals surface area contributed by atoms with Gasteiger partial charge in [0, 0.05) is 36.1 Å². The van der Waals surface area contributed by atoms with Crippen molar-refractivity contribution in [1.82, 2.24) is 4.72 Å². The largest absolute Gasteiger partial charge is 0.475 e. The third-order valence-electron chi connectivity index (χ3n) is 7.31. The molecular formula is C32H32N2O10S2. The van der Waals surface area contributed by atoms with Crippen LogP contribution in [0.1, 0.15) is 40.9 Å². The fourth-order valence-electron chi connectivity index (χ4n) is 5.10. The molecule has 0 radical (unpaired) electrons. The minimum Gasteiger partial charge on any atom is -0.475 e. The number of nitrogens with one attached hydrogen (secondary N) is 1. The lowest BCUT2D eigenvalue weighted by molar-refractivity contribution is -0.126. The molecule has 0 spiro atoms. The van der Waals surface area contributed by atoms with Crippen molar-refractivity contribution in [2.45, 2.75) is 30.8 Å². The number of benzene rings is 4. The fourth-order valence-corrected chi connectivity index (χ4v) is 8.22. The number of ether oxygens (including phenoxy) is 4. The normalized spacial score (nSPS) is 13.2. The monoisotopic (exact) mass is 668 g/mol. The molecule has 0 fully saturated rings. The maximum Gasteiger partial charge on any atom is 0.345 e. The number of amides is 1. The fraction of sp³-hybridized carbons (Fsp3) is 0.250. The lowest BCUT2D eigenvalue weighted by Crippen LogP contribution is -2.40. The number of methoxy groups -OCH3 is 1. The van der Waals surface area contributed by atoms with Gasteiger partial charge in [-0.3, -0.25) is 4.79 Å². The van der Waals surface area contributed by atoms with E-state index in [4.69, 9.17) is 18.9 Å². The molecule has 242 valence electrons. The topological polar surface area (TPSA) is 155 Å². The van der Waals surface area contributed by atoms with Crippen molar-refractivity contribution in [3.8, 4) is 17.2 Å². The summed E-state index contributed by atoms with van der Waals surface area (Å²) >= 11 is 0. The Kier molecular flexibility index (Phi) is 9.13. The Morgan fingerprint density at radius 1 is 0.913 bits per heavy atom. The molecule has 0 saturated heterocycles. The van der Waals surface area contributed by atoms with Crippen LogP contribution in [0.3, 0.4) is 0 Å². The lowest BCUT2D eigenvalue weighted by atomic mass is 10.0. The number of fused-ring (bicyclic) bond motifs is 2. The van der Waals surface area contributed by atoms with Gasteiger partial charge in [-0.15, -0.1) is 0 Å². The Hall–Kier alpha value is -4.82. The standard InChI is InChI=1S/C32H32N2O10S2/c1-5-8-20-17-22(32(36)41-4)14-15-26(20)44-30(21-13-16-27-28(18-21)43-19-42-27)31(35)33-46(39,40)45(37,38)29-12-7-9-23-24(29)10-6-11-25(23)34(2)3/h6-7,9-18,30H,5,8,19H2,1-4H3,(H,33,35). The van der Waals surface area contributed by atoms with Crippen LogP contribution in [0.2, 0.25) is 0 Å². The summed E-state index contributed by atoms with van der Waals surface area (Å²) in [4.78, 5) is 27.3. The minimum atomic E-state index is -5.37.